The van der Waals surface area contributed by atoms with Crippen molar-refractivity contribution in [2.24, 2.45) is 0 Å². The number of nitrogens with zero attached hydrogens (tertiary/aromatic N) is 1. The fraction of sp³-hybridized carbons (Fsp3) is 0.938. The summed E-state index contributed by atoms with van der Waals surface area (Å²) in [5.74, 6) is -4.38. The van der Waals surface area contributed by atoms with E-state index >= 15 is 0 Å². The summed E-state index contributed by atoms with van der Waals surface area (Å²) in [6.45, 7) is 6.01. The molecule has 0 N–H and O–H groups in total. The predicted octanol–water partition coefficient (Wildman–Crippen LogP) is 5.49. The van der Waals surface area contributed by atoms with Crippen molar-refractivity contribution in [3.05, 3.63) is 0 Å². The van der Waals surface area contributed by atoms with Gasteiger partial charge in [-0.15, -0.1) is 0 Å². The predicted molar refractivity (Wildman–Crippen MR) is 88.1 cm³/mol. The molecule has 25 heavy (non-hydrogen) atoms. The molecule has 1 aliphatic rings. The first-order valence-corrected chi connectivity index (χ1v) is 9.51. The molecule has 3 nitrogen and oxygen atoms in total. The van der Waals surface area contributed by atoms with E-state index in [1.54, 1.807) is 25.7 Å². The maximum Gasteiger partial charge on any atom is 0.453 e. The maximum absolute atomic E-state index is 12.8. The van der Waals surface area contributed by atoms with Crippen LogP contribution in [0.3, 0.4) is 0 Å². The van der Waals surface area contributed by atoms with E-state index in [9.17, 15) is 26.7 Å². The van der Waals surface area contributed by atoms with Crippen LogP contribution in [0.4, 0.5) is 26.7 Å². The van der Waals surface area contributed by atoms with Crippen LogP contribution in [-0.2, 0) is 4.74 Å². The monoisotopic (exact) mass is 391 g/mol. The van der Waals surface area contributed by atoms with Gasteiger partial charge >= 0.3 is 18.2 Å². The number of ether oxygens (including phenoxy) is 1. The van der Waals surface area contributed by atoms with E-state index in [-0.39, 0.29) is 17.9 Å². The molecule has 0 saturated carbocycles. The Labute approximate surface area is 149 Å². The molecule has 9 heteroatoms. The van der Waals surface area contributed by atoms with Gasteiger partial charge < -0.3 is 9.64 Å². The minimum absolute atomic E-state index is 0.0482. The third kappa shape index (κ3) is 7.58. The van der Waals surface area contributed by atoms with Crippen molar-refractivity contribution in [3.8, 4) is 0 Å². The normalized spacial score (nSPS) is 19.4. The Morgan fingerprint density at radius 1 is 1.16 bits per heavy atom. The molecule has 1 rings (SSSR count). The number of halogens is 5. The molecule has 1 fully saturated rings. The quantitative estimate of drug-likeness (QED) is 0.425. The first kappa shape index (κ1) is 22.3. The Balaban J connectivity index is 2.26. The zero-order chi connectivity index (χ0) is 19.3. The maximum atomic E-state index is 12.8. The van der Waals surface area contributed by atoms with Gasteiger partial charge in [-0.05, 0) is 58.0 Å². The van der Waals surface area contributed by atoms with Crippen molar-refractivity contribution < 1.29 is 31.5 Å². The average Bonchev–Trinajstić information content (AvgIpc) is 2.87. The number of rotatable bonds is 7. The highest BCUT2D eigenvalue weighted by Gasteiger charge is 2.56. The summed E-state index contributed by atoms with van der Waals surface area (Å²) in [6.07, 6.45) is -3.94. The number of hydrogen-bond acceptors (Lipinski definition) is 3. The second kappa shape index (κ2) is 8.77. The van der Waals surface area contributed by atoms with Gasteiger partial charge in [0, 0.05) is 19.0 Å². The van der Waals surface area contributed by atoms with Gasteiger partial charge in [0.05, 0.1) is 0 Å². The topological polar surface area (TPSA) is 29.5 Å². The van der Waals surface area contributed by atoms with Crippen LogP contribution in [0.5, 0.6) is 0 Å². The molecule has 0 bridgehead atoms. The van der Waals surface area contributed by atoms with E-state index in [0.717, 1.165) is 24.6 Å². The van der Waals surface area contributed by atoms with Crippen molar-refractivity contribution >= 4 is 17.9 Å². The molecule has 0 aliphatic carbocycles. The highest BCUT2D eigenvalue weighted by Crippen LogP contribution is 2.38. The van der Waals surface area contributed by atoms with Crippen molar-refractivity contribution in [1.82, 2.24) is 4.90 Å². The first-order chi connectivity index (χ1) is 11.3. The van der Waals surface area contributed by atoms with Crippen LogP contribution in [0.1, 0.15) is 52.9 Å². The summed E-state index contributed by atoms with van der Waals surface area (Å²) in [5, 5.41) is 0. The first-order valence-electron chi connectivity index (χ1n) is 8.35. The molecule has 0 aromatic carbocycles. The van der Waals surface area contributed by atoms with Gasteiger partial charge in [0.15, 0.2) is 0 Å². The number of amides is 1. The van der Waals surface area contributed by atoms with Crippen LogP contribution in [-0.4, -0.2) is 52.8 Å². The smallest absolute Gasteiger partial charge is 0.444 e. The van der Waals surface area contributed by atoms with Crippen molar-refractivity contribution in [2.75, 3.05) is 18.1 Å². The SMILES string of the molecule is CC(C)(C)OC(=O)N1CCC[C@H]1CCCSCCC(F)(F)C(F)(F)F. The zero-order valence-electron chi connectivity index (χ0n) is 14.8. The number of carbonyl (C=O) groups excluding carboxylic acids is 1. The fourth-order valence-electron chi connectivity index (χ4n) is 2.56. The molecule has 1 amide bonds. The molecule has 1 saturated heterocycles. The van der Waals surface area contributed by atoms with Crippen LogP contribution < -0.4 is 0 Å². The standard InChI is InChI=1S/C16H26F5NO2S/c1-14(2,3)24-13(23)22-9-4-6-12(22)7-5-10-25-11-8-15(17,18)16(19,20)21/h12H,4-11H2,1-3H3/t12-/m0/s1. The molecule has 0 aromatic heterocycles. The Morgan fingerprint density at radius 2 is 1.80 bits per heavy atom. The lowest BCUT2D eigenvalue weighted by atomic mass is 10.1. The number of likely N-dealkylation sites (tertiary alicyclic amines) is 1. The third-order valence-electron chi connectivity index (χ3n) is 3.81. The summed E-state index contributed by atoms with van der Waals surface area (Å²) in [7, 11) is 0. The molecule has 0 radical (unpaired) electrons. The Kier molecular flexibility index (Phi) is 7.83. The number of alkyl halides is 5. The highest BCUT2D eigenvalue weighted by molar-refractivity contribution is 7.99. The number of hydrogen-bond donors (Lipinski definition) is 0. The van der Waals surface area contributed by atoms with Crippen molar-refractivity contribution in [1.29, 1.82) is 0 Å². The van der Waals surface area contributed by atoms with Crippen molar-refractivity contribution in [3.63, 3.8) is 0 Å². The molecule has 1 atom stereocenters. The second-order valence-corrected chi connectivity index (χ2v) is 8.40. The fourth-order valence-corrected chi connectivity index (χ4v) is 3.54. The minimum Gasteiger partial charge on any atom is -0.444 e. The molecule has 148 valence electrons. The summed E-state index contributed by atoms with van der Waals surface area (Å²) in [6, 6.07) is 0.0482. The molecular weight excluding hydrogens is 365 g/mol. The van der Waals surface area contributed by atoms with Crippen LogP contribution in [0.2, 0.25) is 0 Å². The Hall–Kier alpha value is -0.730. The van der Waals surface area contributed by atoms with E-state index in [1.807, 2.05) is 0 Å². The molecule has 0 aromatic rings. The lowest BCUT2D eigenvalue weighted by Crippen LogP contribution is -2.39. The van der Waals surface area contributed by atoms with Gasteiger partial charge in [-0.3, -0.25) is 0 Å². The van der Waals surface area contributed by atoms with Gasteiger partial charge in [0.2, 0.25) is 0 Å². The summed E-state index contributed by atoms with van der Waals surface area (Å²) < 4.78 is 67.0. The van der Waals surface area contributed by atoms with E-state index in [2.05, 4.69) is 0 Å². The Bertz CT molecular complexity index is 437. The lowest BCUT2D eigenvalue weighted by molar-refractivity contribution is -0.282. The summed E-state index contributed by atoms with van der Waals surface area (Å²) in [4.78, 5) is 13.8. The van der Waals surface area contributed by atoms with Gasteiger partial charge in [0.1, 0.15) is 5.60 Å². The molecular formula is C16H26F5NO2S. The van der Waals surface area contributed by atoms with E-state index in [4.69, 9.17) is 4.74 Å². The van der Waals surface area contributed by atoms with E-state index in [0.29, 0.717) is 25.1 Å². The minimum atomic E-state index is -5.48. The summed E-state index contributed by atoms with van der Waals surface area (Å²) >= 11 is 1.08. The van der Waals surface area contributed by atoms with Gasteiger partial charge in [0.25, 0.3) is 0 Å². The van der Waals surface area contributed by atoms with Crippen LogP contribution in [0.15, 0.2) is 0 Å². The van der Waals surface area contributed by atoms with Gasteiger partial charge in [-0.25, -0.2) is 4.79 Å². The second-order valence-electron chi connectivity index (χ2n) is 7.18. The van der Waals surface area contributed by atoms with Crippen LogP contribution in [0, 0.1) is 0 Å². The van der Waals surface area contributed by atoms with Crippen LogP contribution in [0.25, 0.3) is 0 Å². The highest BCUT2D eigenvalue weighted by atomic mass is 32.2. The summed E-state index contributed by atoms with van der Waals surface area (Å²) in [5.41, 5.74) is -0.566. The van der Waals surface area contributed by atoms with E-state index in [1.165, 1.54) is 0 Å². The zero-order valence-corrected chi connectivity index (χ0v) is 15.6. The largest absolute Gasteiger partial charge is 0.453 e. The van der Waals surface area contributed by atoms with Gasteiger partial charge in [-0.1, -0.05) is 0 Å². The van der Waals surface area contributed by atoms with E-state index < -0.39 is 24.1 Å². The molecule has 1 heterocycles. The molecule has 1 aliphatic heterocycles. The van der Waals surface area contributed by atoms with Gasteiger partial charge in [-0.2, -0.15) is 33.7 Å². The molecule has 0 unspecified atom stereocenters. The van der Waals surface area contributed by atoms with Crippen LogP contribution >= 0.6 is 11.8 Å². The Morgan fingerprint density at radius 3 is 2.36 bits per heavy atom. The molecule has 0 spiro atoms. The average molecular weight is 391 g/mol. The van der Waals surface area contributed by atoms with Crippen molar-refractivity contribution in [2.45, 2.75) is 76.6 Å². The third-order valence-corrected chi connectivity index (χ3v) is 4.88. The lowest BCUT2D eigenvalue weighted by Gasteiger charge is -2.28. The number of carbonyl (C=O) groups is 1. The number of thioether (sulfide) groups is 1.